The van der Waals surface area contributed by atoms with E-state index in [1.807, 2.05) is 18.2 Å². The van der Waals surface area contributed by atoms with Gasteiger partial charge in [-0.3, -0.25) is 0 Å². The molecule has 1 aliphatic rings. The molecule has 1 aromatic carbocycles. The summed E-state index contributed by atoms with van der Waals surface area (Å²) in [4.78, 5) is 10.5. The average Bonchev–Trinajstić information content (AvgIpc) is 2.29. The minimum absolute atomic E-state index is 0.303. The van der Waals surface area contributed by atoms with Gasteiger partial charge in [-0.2, -0.15) is 0 Å². The minimum atomic E-state index is 0.303. The molecule has 0 saturated heterocycles. The van der Waals surface area contributed by atoms with E-state index in [0.717, 1.165) is 29.8 Å². The van der Waals surface area contributed by atoms with Gasteiger partial charge >= 0.3 is 0 Å². The number of aldehydes is 1. The number of hydrogen-bond donors (Lipinski definition) is 0. The number of rotatable bonds is 3. The van der Waals surface area contributed by atoms with E-state index in [2.05, 4.69) is 0 Å². The molecule has 0 aliphatic carbocycles. The van der Waals surface area contributed by atoms with Crippen LogP contribution >= 0.6 is 0 Å². The van der Waals surface area contributed by atoms with Crippen molar-refractivity contribution in [2.75, 3.05) is 13.7 Å². The molecule has 2 rings (SSSR count). The first-order valence-corrected chi connectivity index (χ1v) is 5.09. The van der Waals surface area contributed by atoms with E-state index in [9.17, 15) is 4.79 Å². The topological polar surface area (TPSA) is 35.5 Å². The van der Waals surface area contributed by atoms with Crippen LogP contribution in [0, 0.1) is 0 Å². The fourth-order valence-electron chi connectivity index (χ4n) is 1.93. The molecule has 0 aromatic heterocycles. The summed E-state index contributed by atoms with van der Waals surface area (Å²) >= 11 is 0. The first-order chi connectivity index (χ1) is 7.35. The van der Waals surface area contributed by atoms with Crippen LogP contribution in [0.2, 0.25) is 0 Å². The van der Waals surface area contributed by atoms with E-state index in [1.54, 1.807) is 7.11 Å². The Hall–Kier alpha value is -1.51. The Balaban J connectivity index is 2.31. The van der Waals surface area contributed by atoms with Crippen LogP contribution in [0.15, 0.2) is 18.2 Å². The standard InChI is InChI=1S/C12H14O3/c1-14-10-2-3-11-9(4-6-13)5-7-15-12(11)8-10/h2-3,6,8-9H,4-5,7H2,1H3. The van der Waals surface area contributed by atoms with Crippen molar-refractivity contribution >= 4 is 6.29 Å². The van der Waals surface area contributed by atoms with Gasteiger partial charge in [0, 0.05) is 12.5 Å². The number of carbonyl (C=O) groups is 1. The van der Waals surface area contributed by atoms with E-state index < -0.39 is 0 Å². The van der Waals surface area contributed by atoms with Crippen LogP contribution in [-0.2, 0) is 4.79 Å². The van der Waals surface area contributed by atoms with Gasteiger partial charge in [0.2, 0.25) is 0 Å². The van der Waals surface area contributed by atoms with Gasteiger partial charge in [0.25, 0.3) is 0 Å². The largest absolute Gasteiger partial charge is 0.497 e. The molecule has 0 amide bonds. The molecular weight excluding hydrogens is 192 g/mol. The van der Waals surface area contributed by atoms with Crippen molar-refractivity contribution in [3.05, 3.63) is 23.8 Å². The highest BCUT2D eigenvalue weighted by molar-refractivity contribution is 5.54. The van der Waals surface area contributed by atoms with Gasteiger partial charge in [-0.25, -0.2) is 0 Å². The molecule has 3 nitrogen and oxygen atoms in total. The number of ether oxygens (including phenoxy) is 2. The van der Waals surface area contributed by atoms with Crippen molar-refractivity contribution in [1.82, 2.24) is 0 Å². The summed E-state index contributed by atoms with van der Waals surface area (Å²) in [6.45, 7) is 0.679. The highest BCUT2D eigenvalue weighted by atomic mass is 16.5. The Kier molecular flexibility index (Phi) is 2.90. The van der Waals surface area contributed by atoms with Crippen LogP contribution in [0.25, 0.3) is 0 Å². The molecule has 0 radical (unpaired) electrons. The smallest absolute Gasteiger partial charge is 0.126 e. The number of fused-ring (bicyclic) bond motifs is 1. The fourth-order valence-corrected chi connectivity index (χ4v) is 1.93. The lowest BCUT2D eigenvalue weighted by Crippen LogP contribution is -2.14. The third-order valence-electron chi connectivity index (χ3n) is 2.77. The summed E-state index contributed by atoms with van der Waals surface area (Å²) in [7, 11) is 1.63. The molecule has 0 fully saturated rings. The molecule has 1 heterocycles. The van der Waals surface area contributed by atoms with Gasteiger partial charge in [0.05, 0.1) is 13.7 Å². The van der Waals surface area contributed by atoms with Crippen molar-refractivity contribution in [2.45, 2.75) is 18.8 Å². The molecule has 1 aliphatic heterocycles. The normalized spacial score (nSPS) is 18.9. The Bertz CT molecular complexity index is 360. The van der Waals surface area contributed by atoms with E-state index >= 15 is 0 Å². The molecule has 3 heteroatoms. The van der Waals surface area contributed by atoms with Gasteiger partial charge in [-0.15, -0.1) is 0 Å². The first kappa shape index (κ1) is 10.0. The summed E-state index contributed by atoms with van der Waals surface area (Å²) in [5.74, 6) is 1.95. The summed E-state index contributed by atoms with van der Waals surface area (Å²) < 4.78 is 10.7. The van der Waals surface area contributed by atoms with Gasteiger partial charge in [0.1, 0.15) is 17.8 Å². The maximum atomic E-state index is 10.5. The van der Waals surface area contributed by atoms with Crippen LogP contribution in [0.1, 0.15) is 24.3 Å². The second kappa shape index (κ2) is 4.34. The number of carbonyl (C=O) groups excluding carboxylic acids is 1. The molecule has 80 valence electrons. The Morgan fingerprint density at radius 1 is 1.60 bits per heavy atom. The number of benzene rings is 1. The van der Waals surface area contributed by atoms with E-state index in [0.29, 0.717) is 18.9 Å². The van der Waals surface area contributed by atoms with Gasteiger partial charge in [-0.05, 0) is 24.0 Å². The van der Waals surface area contributed by atoms with E-state index in [-0.39, 0.29) is 0 Å². The first-order valence-electron chi connectivity index (χ1n) is 5.09. The number of methoxy groups -OCH3 is 1. The third-order valence-corrected chi connectivity index (χ3v) is 2.77. The van der Waals surface area contributed by atoms with Crippen molar-refractivity contribution in [3.8, 4) is 11.5 Å². The molecule has 1 atom stereocenters. The van der Waals surface area contributed by atoms with Crippen LogP contribution in [0.3, 0.4) is 0 Å². The zero-order valence-corrected chi connectivity index (χ0v) is 8.73. The molecule has 0 saturated carbocycles. The average molecular weight is 206 g/mol. The second-order valence-corrected chi connectivity index (χ2v) is 3.64. The number of hydrogen-bond acceptors (Lipinski definition) is 3. The highest BCUT2D eigenvalue weighted by Gasteiger charge is 2.21. The summed E-state index contributed by atoms with van der Waals surface area (Å²) in [6, 6.07) is 5.78. The van der Waals surface area contributed by atoms with Crippen LogP contribution < -0.4 is 9.47 Å². The zero-order valence-electron chi connectivity index (χ0n) is 8.73. The van der Waals surface area contributed by atoms with Crippen LogP contribution in [0.5, 0.6) is 11.5 Å². The summed E-state index contributed by atoms with van der Waals surface area (Å²) in [5.41, 5.74) is 1.12. The maximum Gasteiger partial charge on any atom is 0.126 e. The van der Waals surface area contributed by atoms with Gasteiger partial charge < -0.3 is 14.3 Å². The maximum absolute atomic E-state index is 10.5. The van der Waals surface area contributed by atoms with E-state index in [4.69, 9.17) is 9.47 Å². The Morgan fingerprint density at radius 2 is 2.47 bits per heavy atom. The van der Waals surface area contributed by atoms with E-state index in [1.165, 1.54) is 0 Å². The SMILES string of the molecule is COc1ccc2c(c1)OCCC2CC=O. The summed E-state index contributed by atoms with van der Waals surface area (Å²) in [6.07, 6.45) is 2.46. The molecular formula is C12H14O3. The van der Waals surface area contributed by atoms with Crippen molar-refractivity contribution in [1.29, 1.82) is 0 Å². The molecule has 0 spiro atoms. The predicted octanol–water partition coefficient (Wildman–Crippen LogP) is 2.15. The monoisotopic (exact) mass is 206 g/mol. The molecule has 15 heavy (non-hydrogen) atoms. The highest BCUT2D eigenvalue weighted by Crippen LogP contribution is 2.37. The second-order valence-electron chi connectivity index (χ2n) is 3.64. The van der Waals surface area contributed by atoms with Crippen molar-refractivity contribution < 1.29 is 14.3 Å². The van der Waals surface area contributed by atoms with Crippen LogP contribution in [0.4, 0.5) is 0 Å². The minimum Gasteiger partial charge on any atom is -0.497 e. The lowest BCUT2D eigenvalue weighted by molar-refractivity contribution is -0.108. The Labute approximate surface area is 89.0 Å². The molecule has 1 aromatic rings. The lowest BCUT2D eigenvalue weighted by Gasteiger charge is -2.24. The third kappa shape index (κ3) is 1.96. The van der Waals surface area contributed by atoms with Gasteiger partial charge in [-0.1, -0.05) is 6.07 Å². The van der Waals surface area contributed by atoms with Gasteiger partial charge in [0.15, 0.2) is 0 Å². The van der Waals surface area contributed by atoms with Crippen molar-refractivity contribution in [3.63, 3.8) is 0 Å². The fraction of sp³-hybridized carbons (Fsp3) is 0.417. The molecule has 0 N–H and O–H groups in total. The quantitative estimate of drug-likeness (QED) is 0.711. The van der Waals surface area contributed by atoms with Crippen LogP contribution in [-0.4, -0.2) is 20.0 Å². The Morgan fingerprint density at radius 3 is 3.20 bits per heavy atom. The summed E-state index contributed by atoms with van der Waals surface area (Å²) in [5, 5.41) is 0. The van der Waals surface area contributed by atoms with Crippen molar-refractivity contribution in [2.24, 2.45) is 0 Å². The lowest BCUT2D eigenvalue weighted by atomic mass is 9.91. The molecule has 1 unspecified atom stereocenters. The molecule has 0 bridgehead atoms. The zero-order chi connectivity index (χ0) is 10.7. The predicted molar refractivity (Wildman–Crippen MR) is 56.5 cm³/mol.